The van der Waals surface area contributed by atoms with Gasteiger partial charge in [0.25, 0.3) is 11.6 Å². The topological polar surface area (TPSA) is 89.5 Å². The number of hydrogen-bond acceptors (Lipinski definition) is 5. The lowest BCUT2D eigenvalue weighted by atomic mass is 10.1. The van der Waals surface area contributed by atoms with Crippen LogP contribution >= 0.6 is 11.8 Å². The Morgan fingerprint density at radius 3 is 2.85 bits per heavy atom. The lowest BCUT2D eigenvalue weighted by molar-refractivity contribution is -0.385. The van der Waals surface area contributed by atoms with E-state index in [1.54, 1.807) is 16.7 Å². The van der Waals surface area contributed by atoms with Crippen LogP contribution in [0.3, 0.4) is 0 Å². The van der Waals surface area contributed by atoms with E-state index in [1.165, 1.54) is 0 Å². The van der Waals surface area contributed by atoms with Gasteiger partial charge in [0.15, 0.2) is 5.82 Å². The zero-order valence-electron chi connectivity index (χ0n) is 10.7. The van der Waals surface area contributed by atoms with E-state index in [0.717, 1.165) is 24.0 Å². The highest BCUT2D eigenvalue weighted by Crippen LogP contribution is 2.26. The minimum absolute atomic E-state index is 0.152. The molecule has 0 atom stereocenters. The van der Waals surface area contributed by atoms with Crippen LogP contribution in [-0.4, -0.2) is 40.3 Å². The van der Waals surface area contributed by atoms with Crippen LogP contribution in [0, 0.1) is 15.9 Å². The minimum atomic E-state index is -0.889. The van der Waals surface area contributed by atoms with Crippen LogP contribution in [-0.2, 0) is 0 Å². The Labute approximate surface area is 119 Å². The van der Waals surface area contributed by atoms with Crippen molar-refractivity contribution in [3.63, 3.8) is 0 Å². The molecule has 0 unspecified atom stereocenters. The zero-order valence-corrected chi connectivity index (χ0v) is 11.5. The molecule has 0 spiro atoms. The van der Waals surface area contributed by atoms with Gasteiger partial charge in [-0.2, -0.15) is 11.8 Å². The summed E-state index contributed by atoms with van der Waals surface area (Å²) in [5.74, 6) is 0.388. The molecule has 1 heterocycles. The fraction of sp³-hybridized carbons (Fsp3) is 0.417. The van der Waals surface area contributed by atoms with Crippen LogP contribution < -0.4 is 5.73 Å². The summed E-state index contributed by atoms with van der Waals surface area (Å²) >= 11 is 1.74. The molecule has 1 aliphatic heterocycles. The molecule has 0 aromatic heterocycles. The van der Waals surface area contributed by atoms with Crippen molar-refractivity contribution in [2.45, 2.75) is 6.42 Å². The number of anilines is 1. The van der Waals surface area contributed by atoms with E-state index in [2.05, 4.69) is 0 Å². The summed E-state index contributed by atoms with van der Waals surface area (Å²) in [4.78, 5) is 24.1. The lowest BCUT2D eigenvalue weighted by Gasteiger charge is -2.20. The van der Waals surface area contributed by atoms with Gasteiger partial charge in [0.1, 0.15) is 5.56 Å². The second-order valence-corrected chi connectivity index (χ2v) is 5.63. The number of carbonyl (C=O) groups excluding carboxylic acids is 1. The Morgan fingerprint density at radius 2 is 2.15 bits per heavy atom. The molecule has 1 aromatic carbocycles. The van der Waals surface area contributed by atoms with E-state index >= 15 is 0 Å². The normalized spacial score (nSPS) is 15.8. The van der Waals surface area contributed by atoms with Gasteiger partial charge >= 0.3 is 0 Å². The molecule has 20 heavy (non-hydrogen) atoms. The van der Waals surface area contributed by atoms with E-state index in [0.29, 0.717) is 19.2 Å². The number of hydrogen-bond donors (Lipinski definition) is 1. The van der Waals surface area contributed by atoms with Crippen LogP contribution in [0.1, 0.15) is 16.8 Å². The summed E-state index contributed by atoms with van der Waals surface area (Å²) in [7, 11) is 0. The number of nitrogens with zero attached hydrogens (tertiary/aromatic N) is 2. The van der Waals surface area contributed by atoms with Crippen molar-refractivity contribution in [3.05, 3.63) is 33.6 Å². The summed E-state index contributed by atoms with van der Waals surface area (Å²) in [5, 5.41) is 11.0. The van der Waals surface area contributed by atoms with Gasteiger partial charge in [-0.1, -0.05) is 0 Å². The third kappa shape index (κ3) is 3.01. The van der Waals surface area contributed by atoms with Gasteiger partial charge in [-0.15, -0.1) is 0 Å². The predicted molar refractivity (Wildman–Crippen MR) is 75.3 cm³/mol. The molecule has 0 bridgehead atoms. The smallest absolute Gasteiger partial charge is 0.285 e. The Hall–Kier alpha value is -1.83. The third-order valence-corrected chi connectivity index (χ3v) is 4.10. The van der Waals surface area contributed by atoms with Gasteiger partial charge in [0.2, 0.25) is 0 Å². The molecule has 1 amide bonds. The second kappa shape index (κ2) is 6.08. The van der Waals surface area contributed by atoms with Gasteiger partial charge in [0.05, 0.1) is 16.7 Å². The maximum absolute atomic E-state index is 13.3. The molecule has 1 saturated heterocycles. The van der Waals surface area contributed by atoms with Gasteiger partial charge in [-0.25, -0.2) is 4.39 Å². The van der Waals surface area contributed by atoms with E-state index < -0.39 is 22.3 Å². The molecule has 108 valence electrons. The largest absolute Gasteiger partial charge is 0.396 e. The maximum Gasteiger partial charge on any atom is 0.285 e. The molecule has 2 rings (SSSR count). The van der Waals surface area contributed by atoms with Crippen LogP contribution in [0.4, 0.5) is 15.8 Å². The van der Waals surface area contributed by atoms with Crippen molar-refractivity contribution in [1.82, 2.24) is 4.90 Å². The van der Waals surface area contributed by atoms with Gasteiger partial charge in [-0.05, 0) is 18.2 Å². The highest BCUT2D eigenvalue weighted by Gasteiger charge is 2.27. The number of amides is 1. The molecule has 2 N–H and O–H groups in total. The summed E-state index contributed by atoms with van der Waals surface area (Å²) in [5.41, 5.74) is 4.46. The average molecular weight is 299 g/mol. The fourth-order valence-electron chi connectivity index (χ4n) is 2.02. The minimum Gasteiger partial charge on any atom is -0.396 e. The highest BCUT2D eigenvalue weighted by molar-refractivity contribution is 7.99. The van der Waals surface area contributed by atoms with Crippen molar-refractivity contribution in [2.24, 2.45) is 0 Å². The van der Waals surface area contributed by atoms with Crippen LogP contribution in [0.15, 0.2) is 12.1 Å². The molecule has 1 aliphatic rings. The maximum atomic E-state index is 13.3. The fourth-order valence-corrected chi connectivity index (χ4v) is 2.91. The van der Waals surface area contributed by atoms with Gasteiger partial charge < -0.3 is 10.6 Å². The van der Waals surface area contributed by atoms with E-state index in [9.17, 15) is 19.3 Å². The molecule has 6 nitrogen and oxygen atoms in total. The molecule has 0 radical (unpaired) electrons. The summed E-state index contributed by atoms with van der Waals surface area (Å²) in [6.07, 6.45) is 0.834. The molecular formula is C12H14FN3O3S. The van der Waals surface area contributed by atoms with Crippen molar-refractivity contribution < 1.29 is 14.1 Å². The first-order valence-electron chi connectivity index (χ1n) is 6.11. The van der Waals surface area contributed by atoms with E-state index in [-0.39, 0.29) is 11.3 Å². The number of benzene rings is 1. The Kier molecular flexibility index (Phi) is 4.43. The van der Waals surface area contributed by atoms with E-state index in [1.807, 2.05) is 0 Å². The van der Waals surface area contributed by atoms with Crippen molar-refractivity contribution in [2.75, 3.05) is 30.3 Å². The van der Waals surface area contributed by atoms with Crippen LogP contribution in [0.5, 0.6) is 0 Å². The standard InChI is InChI=1S/C12H14FN3O3S/c13-9-7-11(16(18)19)8(6-10(9)14)12(17)15-2-1-4-20-5-3-15/h6-7H,1-5,14H2. The van der Waals surface area contributed by atoms with Crippen molar-refractivity contribution >= 4 is 29.0 Å². The van der Waals surface area contributed by atoms with Crippen LogP contribution in [0.2, 0.25) is 0 Å². The first-order chi connectivity index (χ1) is 9.50. The molecule has 0 aliphatic carbocycles. The Bertz CT molecular complexity index is 545. The van der Waals surface area contributed by atoms with Crippen molar-refractivity contribution in [3.8, 4) is 0 Å². The van der Waals surface area contributed by atoms with Crippen molar-refractivity contribution in [1.29, 1.82) is 0 Å². The molecule has 0 saturated carbocycles. The molecule has 1 aromatic rings. The monoisotopic (exact) mass is 299 g/mol. The summed E-state index contributed by atoms with van der Waals surface area (Å²) < 4.78 is 13.3. The van der Waals surface area contributed by atoms with E-state index in [4.69, 9.17) is 5.73 Å². The first-order valence-corrected chi connectivity index (χ1v) is 7.26. The number of carbonyl (C=O) groups is 1. The zero-order chi connectivity index (χ0) is 14.7. The number of nitrogen functional groups attached to an aromatic ring is 1. The number of nitro benzene ring substituents is 1. The average Bonchev–Trinajstić information content (AvgIpc) is 2.69. The van der Waals surface area contributed by atoms with Crippen LogP contribution in [0.25, 0.3) is 0 Å². The lowest BCUT2D eigenvalue weighted by Crippen LogP contribution is -2.33. The highest BCUT2D eigenvalue weighted by atomic mass is 32.2. The number of rotatable bonds is 2. The second-order valence-electron chi connectivity index (χ2n) is 4.41. The van der Waals surface area contributed by atoms with Gasteiger partial charge in [0, 0.05) is 18.8 Å². The third-order valence-electron chi connectivity index (χ3n) is 3.05. The Morgan fingerprint density at radius 1 is 1.40 bits per heavy atom. The number of thioether (sulfide) groups is 1. The molecular weight excluding hydrogens is 285 g/mol. The molecule has 1 fully saturated rings. The number of halogens is 1. The predicted octanol–water partition coefficient (Wildman–Crippen LogP) is 1.90. The quantitative estimate of drug-likeness (QED) is 0.512. The van der Waals surface area contributed by atoms with Gasteiger partial charge in [-0.3, -0.25) is 14.9 Å². The summed E-state index contributed by atoms with van der Waals surface area (Å²) in [6, 6.07) is 1.75. The number of nitrogens with two attached hydrogens (primary N) is 1. The number of nitro groups is 1. The first kappa shape index (κ1) is 14.6. The molecule has 8 heteroatoms. The Balaban J connectivity index is 2.37. The summed E-state index contributed by atoms with van der Waals surface area (Å²) in [6.45, 7) is 1.07. The SMILES string of the molecule is Nc1cc(C(=O)N2CCCSCC2)c([N+](=O)[O-])cc1F.